The van der Waals surface area contributed by atoms with Crippen LogP contribution in [0.4, 0.5) is 0 Å². The molecule has 0 radical (unpaired) electrons. The van der Waals surface area contributed by atoms with E-state index in [0.717, 1.165) is 32.6 Å². The predicted molar refractivity (Wildman–Crippen MR) is 88.5 cm³/mol. The first kappa shape index (κ1) is 18.4. The van der Waals surface area contributed by atoms with Crippen molar-refractivity contribution >= 4 is 52.1 Å². The molecule has 18 heavy (non-hydrogen) atoms. The van der Waals surface area contributed by atoms with Crippen molar-refractivity contribution in [1.29, 1.82) is 0 Å². The highest BCUT2D eigenvalue weighted by Crippen LogP contribution is 2.32. The lowest BCUT2D eigenvalue weighted by Gasteiger charge is -2.34. The monoisotopic (exact) mass is 372 g/mol. The van der Waals surface area contributed by atoms with Gasteiger partial charge in [0.1, 0.15) is 0 Å². The molecule has 1 aromatic rings. The van der Waals surface area contributed by atoms with Crippen LogP contribution in [0, 0.1) is 0 Å². The lowest BCUT2D eigenvalue weighted by atomic mass is 10.1. The van der Waals surface area contributed by atoms with Crippen LogP contribution in [-0.4, -0.2) is 31.1 Å². The van der Waals surface area contributed by atoms with Gasteiger partial charge in [0.15, 0.2) is 0 Å². The minimum atomic E-state index is 0. The topological polar surface area (TPSA) is 15.3 Å². The predicted octanol–water partition coefficient (Wildman–Crippen LogP) is 3.88. The zero-order valence-electron chi connectivity index (χ0n) is 10.1. The molecule has 0 unspecified atom stereocenters. The maximum Gasteiger partial charge on any atom is 0.0477 e. The summed E-state index contributed by atoms with van der Waals surface area (Å²) in [7, 11) is 0. The van der Waals surface area contributed by atoms with E-state index in [-0.39, 0.29) is 24.8 Å². The molecule has 0 spiro atoms. The van der Waals surface area contributed by atoms with Gasteiger partial charge in [0.2, 0.25) is 0 Å². The molecule has 1 N–H and O–H groups in total. The largest absolute Gasteiger partial charge is 0.314 e. The third-order valence-electron chi connectivity index (χ3n) is 2.90. The third kappa shape index (κ3) is 4.83. The number of rotatable bonds is 4. The maximum absolute atomic E-state index is 3.88. The van der Waals surface area contributed by atoms with E-state index in [1.165, 1.54) is 9.35 Å². The minimum absolute atomic E-state index is 0. The lowest BCUT2D eigenvalue weighted by molar-refractivity contribution is 0.177. The molecule has 1 aromatic heterocycles. The van der Waals surface area contributed by atoms with Gasteiger partial charge in [-0.15, -0.1) is 42.7 Å². The van der Waals surface area contributed by atoms with E-state index in [0.29, 0.717) is 6.04 Å². The summed E-state index contributed by atoms with van der Waals surface area (Å²) in [6.07, 6.45) is 3.06. The summed E-state index contributed by atoms with van der Waals surface area (Å²) in [6, 6.07) is 2.75. The molecule has 1 saturated heterocycles. The van der Waals surface area contributed by atoms with Crippen molar-refractivity contribution < 1.29 is 0 Å². The summed E-state index contributed by atoms with van der Waals surface area (Å²) < 4.78 is 1.19. The molecule has 2 rings (SSSR count). The van der Waals surface area contributed by atoms with Gasteiger partial charge in [0.05, 0.1) is 0 Å². The Kier molecular flexibility index (Phi) is 9.56. The number of hydrogen-bond donors (Lipinski definition) is 1. The Bertz CT molecular complexity index is 354. The van der Waals surface area contributed by atoms with Crippen LogP contribution in [-0.2, 0) is 0 Å². The van der Waals surface area contributed by atoms with Gasteiger partial charge in [-0.05, 0) is 28.4 Å². The van der Waals surface area contributed by atoms with Crippen molar-refractivity contribution in [3.05, 3.63) is 33.5 Å². The van der Waals surface area contributed by atoms with E-state index in [9.17, 15) is 0 Å². The van der Waals surface area contributed by atoms with Crippen molar-refractivity contribution in [1.82, 2.24) is 10.2 Å². The van der Waals surface area contributed by atoms with Crippen LogP contribution in [0.2, 0.25) is 0 Å². The number of piperazine rings is 1. The van der Waals surface area contributed by atoms with Crippen LogP contribution in [0.25, 0.3) is 0 Å². The average molecular weight is 374 g/mol. The molecule has 2 heterocycles. The second-order valence-electron chi connectivity index (χ2n) is 3.99. The second-order valence-corrected chi connectivity index (χ2v) is 5.85. The van der Waals surface area contributed by atoms with E-state index in [1.54, 1.807) is 0 Å². The van der Waals surface area contributed by atoms with Crippen molar-refractivity contribution in [2.75, 3.05) is 26.2 Å². The minimum Gasteiger partial charge on any atom is -0.314 e. The number of nitrogens with one attached hydrogen (secondary N) is 1. The van der Waals surface area contributed by atoms with Gasteiger partial charge in [-0.3, -0.25) is 4.90 Å². The summed E-state index contributed by atoms with van der Waals surface area (Å²) in [4.78, 5) is 3.99. The molecule has 0 aliphatic carbocycles. The summed E-state index contributed by atoms with van der Waals surface area (Å²) in [6.45, 7) is 8.34. The Morgan fingerprint density at radius 1 is 1.44 bits per heavy atom. The summed E-state index contributed by atoms with van der Waals surface area (Å²) in [5.41, 5.74) is 0. The van der Waals surface area contributed by atoms with Crippen LogP contribution in [0.5, 0.6) is 0 Å². The molecule has 0 aromatic carbocycles. The lowest BCUT2D eigenvalue weighted by Crippen LogP contribution is -2.44. The molecule has 1 aliphatic rings. The number of thiophene rings is 1. The Labute approximate surface area is 134 Å². The summed E-state index contributed by atoms with van der Waals surface area (Å²) in [5, 5.41) is 5.56. The number of halogens is 3. The third-order valence-corrected chi connectivity index (χ3v) is 4.69. The first-order valence-corrected chi connectivity index (χ1v) is 7.28. The summed E-state index contributed by atoms with van der Waals surface area (Å²) >= 11 is 5.36. The van der Waals surface area contributed by atoms with Gasteiger partial charge in [-0.1, -0.05) is 6.08 Å². The number of nitrogens with zero attached hydrogens (tertiary/aromatic N) is 1. The molecule has 1 aliphatic heterocycles. The molecule has 1 atom stereocenters. The normalized spacial score (nSPS) is 17.4. The molecule has 0 bridgehead atoms. The molecular weight excluding hydrogens is 355 g/mol. The quantitative estimate of drug-likeness (QED) is 0.805. The molecule has 0 amide bonds. The zero-order valence-corrected chi connectivity index (χ0v) is 14.1. The molecule has 0 saturated carbocycles. The average Bonchev–Trinajstić information content (AvgIpc) is 2.74. The fraction of sp³-hybridized carbons (Fsp3) is 0.500. The Hall–Kier alpha value is 0.420. The van der Waals surface area contributed by atoms with Crippen LogP contribution >= 0.6 is 52.1 Å². The van der Waals surface area contributed by atoms with Gasteiger partial charge in [0.25, 0.3) is 0 Å². The zero-order chi connectivity index (χ0) is 11.4. The van der Waals surface area contributed by atoms with Gasteiger partial charge in [-0.2, -0.15) is 0 Å². The maximum atomic E-state index is 3.88. The van der Waals surface area contributed by atoms with Crippen molar-refractivity contribution in [2.24, 2.45) is 0 Å². The first-order chi connectivity index (χ1) is 7.81. The van der Waals surface area contributed by atoms with Gasteiger partial charge >= 0.3 is 0 Å². The second kappa shape index (κ2) is 9.34. The van der Waals surface area contributed by atoms with E-state index in [2.05, 4.69) is 44.2 Å². The highest BCUT2D eigenvalue weighted by molar-refractivity contribution is 9.10. The van der Waals surface area contributed by atoms with Crippen LogP contribution in [0.3, 0.4) is 0 Å². The van der Waals surface area contributed by atoms with Crippen molar-refractivity contribution in [3.8, 4) is 0 Å². The van der Waals surface area contributed by atoms with Gasteiger partial charge in [0, 0.05) is 47.0 Å². The fourth-order valence-corrected chi connectivity index (χ4v) is 3.69. The summed E-state index contributed by atoms with van der Waals surface area (Å²) in [5.74, 6) is 0. The van der Waals surface area contributed by atoms with E-state index in [1.807, 2.05) is 17.4 Å². The van der Waals surface area contributed by atoms with Crippen molar-refractivity contribution in [2.45, 2.75) is 12.5 Å². The van der Waals surface area contributed by atoms with E-state index >= 15 is 0 Å². The first-order valence-electron chi connectivity index (χ1n) is 5.61. The standard InChI is InChI=1S/C12H17BrN2S.2ClH/c1-2-3-11(12-8-10(13)9-16-12)15-6-4-14-5-7-15;;/h2,8-9,11,14H,1,3-7H2;2*1H/t11-;;/m0../s1. The van der Waals surface area contributed by atoms with Crippen LogP contribution < -0.4 is 5.32 Å². The van der Waals surface area contributed by atoms with E-state index in [4.69, 9.17) is 0 Å². The fourth-order valence-electron chi connectivity index (χ4n) is 2.10. The van der Waals surface area contributed by atoms with Gasteiger partial charge < -0.3 is 5.32 Å². The van der Waals surface area contributed by atoms with E-state index < -0.39 is 0 Å². The van der Waals surface area contributed by atoms with Gasteiger partial charge in [-0.25, -0.2) is 0 Å². The molecule has 2 nitrogen and oxygen atoms in total. The molecular formula is C12H19BrCl2N2S. The Balaban J connectivity index is 0.00000144. The Morgan fingerprint density at radius 2 is 2.11 bits per heavy atom. The Morgan fingerprint density at radius 3 is 2.61 bits per heavy atom. The molecule has 104 valence electrons. The highest BCUT2D eigenvalue weighted by atomic mass is 79.9. The molecule has 1 fully saturated rings. The SMILES string of the molecule is C=CC[C@@H](c1cc(Br)cs1)N1CCNCC1.Cl.Cl. The van der Waals surface area contributed by atoms with Crippen molar-refractivity contribution in [3.63, 3.8) is 0 Å². The van der Waals surface area contributed by atoms with Crippen LogP contribution in [0.15, 0.2) is 28.6 Å². The smallest absolute Gasteiger partial charge is 0.0477 e. The highest BCUT2D eigenvalue weighted by Gasteiger charge is 2.22. The molecule has 6 heteroatoms. The number of hydrogen-bond acceptors (Lipinski definition) is 3. The van der Waals surface area contributed by atoms with Crippen LogP contribution in [0.1, 0.15) is 17.3 Å².